The van der Waals surface area contributed by atoms with Crippen molar-refractivity contribution in [2.45, 2.75) is 43.5 Å². The molecule has 160 valence electrons. The van der Waals surface area contributed by atoms with Gasteiger partial charge in [-0.2, -0.15) is 0 Å². The van der Waals surface area contributed by atoms with Crippen LogP contribution in [0.25, 0.3) is 0 Å². The molecule has 1 aliphatic heterocycles. The van der Waals surface area contributed by atoms with Crippen LogP contribution in [0.1, 0.15) is 36.8 Å². The molecule has 7 nitrogen and oxygen atoms in total. The van der Waals surface area contributed by atoms with Crippen LogP contribution in [-0.2, 0) is 32.6 Å². The number of hydrogen-bond acceptors (Lipinski definition) is 4. The zero-order valence-electron chi connectivity index (χ0n) is 16.4. The second-order valence-electron chi connectivity index (χ2n) is 7.13. The van der Waals surface area contributed by atoms with Gasteiger partial charge in [-0.15, -0.1) is 0 Å². The molecule has 9 heteroatoms. The van der Waals surface area contributed by atoms with E-state index in [9.17, 15) is 22.4 Å². The number of rotatable bonds is 8. The Morgan fingerprint density at radius 3 is 2.63 bits per heavy atom. The Bertz CT molecular complexity index is 1020. The van der Waals surface area contributed by atoms with Crippen molar-refractivity contribution >= 4 is 27.5 Å². The smallest absolute Gasteiger partial charge is 0.240 e. The Labute approximate surface area is 175 Å². The number of anilines is 1. The third kappa shape index (κ3) is 6.11. The molecule has 0 bridgehead atoms. The number of fused-ring (bicyclic) bond motifs is 1. The van der Waals surface area contributed by atoms with Crippen LogP contribution >= 0.6 is 0 Å². The van der Waals surface area contributed by atoms with Crippen molar-refractivity contribution in [3.63, 3.8) is 0 Å². The Kier molecular flexibility index (Phi) is 7.17. The zero-order valence-corrected chi connectivity index (χ0v) is 17.2. The first-order valence-electron chi connectivity index (χ1n) is 9.77. The van der Waals surface area contributed by atoms with Crippen molar-refractivity contribution in [1.82, 2.24) is 10.0 Å². The monoisotopic (exact) mass is 433 g/mol. The summed E-state index contributed by atoms with van der Waals surface area (Å²) in [5.74, 6) is -0.615. The van der Waals surface area contributed by atoms with Crippen molar-refractivity contribution in [3.8, 4) is 0 Å². The number of amides is 2. The number of nitrogens with one attached hydrogen (secondary N) is 3. The predicted octanol–water partition coefficient (Wildman–Crippen LogP) is 2.48. The molecule has 0 saturated carbocycles. The molecule has 0 atom stereocenters. The maximum atomic E-state index is 12.9. The van der Waals surface area contributed by atoms with E-state index in [0.29, 0.717) is 31.4 Å². The van der Waals surface area contributed by atoms with Gasteiger partial charge in [0.1, 0.15) is 5.82 Å². The molecule has 2 amide bonds. The van der Waals surface area contributed by atoms with Crippen LogP contribution in [0.15, 0.2) is 47.4 Å². The molecule has 0 radical (unpaired) electrons. The first-order valence-corrected chi connectivity index (χ1v) is 11.3. The molecule has 3 rings (SSSR count). The van der Waals surface area contributed by atoms with Crippen LogP contribution in [0.2, 0.25) is 0 Å². The van der Waals surface area contributed by atoms with Crippen LogP contribution in [-0.4, -0.2) is 26.8 Å². The summed E-state index contributed by atoms with van der Waals surface area (Å²) in [4.78, 5) is 23.6. The first-order chi connectivity index (χ1) is 14.3. The van der Waals surface area contributed by atoms with E-state index in [1.54, 1.807) is 24.3 Å². The molecule has 1 heterocycles. The lowest BCUT2D eigenvalue weighted by atomic mass is 10.1. The van der Waals surface area contributed by atoms with Gasteiger partial charge in [-0.1, -0.05) is 12.1 Å². The molecule has 3 N–H and O–H groups in total. The van der Waals surface area contributed by atoms with Gasteiger partial charge in [-0.05, 0) is 60.7 Å². The van der Waals surface area contributed by atoms with Gasteiger partial charge in [0.15, 0.2) is 0 Å². The minimum Gasteiger partial charge on any atom is -0.352 e. The lowest BCUT2D eigenvalue weighted by molar-refractivity contribution is -0.121. The SMILES string of the molecule is O=C(CCCNS(=O)(=O)c1ccc2c(c1)CCCC(=O)N2)NCc1ccc(F)cc1. The maximum absolute atomic E-state index is 12.9. The Balaban J connectivity index is 1.46. The first kappa shape index (κ1) is 21.9. The van der Waals surface area contributed by atoms with Crippen molar-refractivity contribution < 1.29 is 22.4 Å². The average Bonchev–Trinajstić information content (AvgIpc) is 2.90. The number of carbonyl (C=O) groups excluding carboxylic acids is 2. The second-order valence-corrected chi connectivity index (χ2v) is 8.89. The van der Waals surface area contributed by atoms with E-state index >= 15 is 0 Å². The largest absolute Gasteiger partial charge is 0.352 e. The van der Waals surface area contributed by atoms with E-state index in [1.165, 1.54) is 18.2 Å². The van der Waals surface area contributed by atoms with E-state index in [4.69, 9.17) is 0 Å². The summed E-state index contributed by atoms with van der Waals surface area (Å²) < 4.78 is 40.4. The minimum atomic E-state index is -3.71. The van der Waals surface area contributed by atoms with Crippen molar-refractivity contribution in [2.24, 2.45) is 0 Å². The summed E-state index contributed by atoms with van der Waals surface area (Å²) in [5.41, 5.74) is 2.23. The van der Waals surface area contributed by atoms with Crippen LogP contribution in [0.3, 0.4) is 0 Å². The normalized spacial score (nSPS) is 13.8. The quantitative estimate of drug-likeness (QED) is 0.556. The number of benzene rings is 2. The second kappa shape index (κ2) is 9.82. The highest BCUT2D eigenvalue weighted by molar-refractivity contribution is 7.89. The maximum Gasteiger partial charge on any atom is 0.240 e. The van der Waals surface area contributed by atoms with Gasteiger partial charge in [-0.3, -0.25) is 9.59 Å². The fourth-order valence-electron chi connectivity index (χ4n) is 3.15. The fraction of sp³-hybridized carbons (Fsp3) is 0.333. The fourth-order valence-corrected chi connectivity index (χ4v) is 4.27. The zero-order chi connectivity index (χ0) is 21.6. The number of halogens is 1. The highest BCUT2D eigenvalue weighted by Crippen LogP contribution is 2.25. The summed E-state index contributed by atoms with van der Waals surface area (Å²) in [6.07, 6.45) is 2.22. The van der Waals surface area contributed by atoms with E-state index in [1.807, 2.05) is 0 Å². The van der Waals surface area contributed by atoms with Crippen molar-refractivity contribution in [3.05, 3.63) is 59.4 Å². The molecule has 0 fully saturated rings. The van der Waals surface area contributed by atoms with Crippen molar-refractivity contribution in [2.75, 3.05) is 11.9 Å². The molecule has 1 aliphatic rings. The molecule has 0 saturated heterocycles. The number of hydrogen-bond donors (Lipinski definition) is 3. The molecule has 0 aromatic heterocycles. The highest BCUT2D eigenvalue weighted by Gasteiger charge is 2.18. The lowest BCUT2D eigenvalue weighted by Crippen LogP contribution is -2.27. The van der Waals surface area contributed by atoms with Gasteiger partial charge in [0.2, 0.25) is 21.8 Å². The molecule has 2 aromatic carbocycles. The van der Waals surface area contributed by atoms with Crippen LogP contribution < -0.4 is 15.4 Å². The molecule has 0 unspecified atom stereocenters. The molecular formula is C21H24FN3O4S. The standard InChI is InChI=1S/C21H24FN3O4S/c22-17-8-6-15(7-9-17)14-23-20(26)5-2-12-24-30(28,29)18-10-11-19-16(13-18)3-1-4-21(27)25-19/h6-11,13,24H,1-5,12,14H2,(H,23,26)(H,25,27). The highest BCUT2D eigenvalue weighted by atomic mass is 32.2. The number of aryl methyl sites for hydroxylation is 1. The van der Waals surface area contributed by atoms with Gasteiger partial charge in [0.25, 0.3) is 0 Å². The average molecular weight is 434 g/mol. The summed E-state index contributed by atoms with van der Waals surface area (Å²) in [5, 5.41) is 5.49. The molecule has 0 aliphatic carbocycles. The predicted molar refractivity (Wildman–Crippen MR) is 111 cm³/mol. The van der Waals surface area contributed by atoms with E-state index in [2.05, 4.69) is 15.4 Å². The summed E-state index contributed by atoms with van der Waals surface area (Å²) in [6, 6.07) is 10.5. The van der Waals surface area contributed by atoms with Crippen molar-refractivity contribution in [1.29, 1.82) is 0 Å². The molecule has 30 heavy (non-hydrogen) atoms. The number of sulfonamides is 1. The van der Waals surface area contributed by atoms with Gasteiger partial charge in [-0.25, -0.2) is 17.5 Å². The van der Waals surface area contributed by atoms with Gasteiger partial charge >= 0.3 is 0 Å². The van der Waals surface area contributed by atoms with Gasteiger partial charge in [0, 0.05) is 31.6 Å². The molecular weight excluding hydrogens is 409 g/mol. The lowest BCUT2D eigenvalue weighted by Gasteiger charge is -2.11. The third-order valence-corrected chi connectivity index (χ3v) is 6.25. The van der Waals surface area contributed by atoms with E-state index in [-0.39, 0.29) is 42.0 Å². The van der Waals surface area contributed by atoms with Gasteiger partial charge in [0.05, 0.1) is 4.90 Å². The van der Waals surface area contributed by atoms with E-state index < -0.39 is 10.0 Å². The molecule has 0 spiro atoms. The van der Waals surface area contributed by atoms with E-state index in [0.717, 1.165) is 11.1 Å². The Morgan fingerprint density at radius 2 is 1.87 bits per heavy atom. The van der Waals surface area contributed by atoms with Crippen LogP contribution in [0.4, 0.5) is 10.1 Å². The number of carbonyl (C=O) groups is 2. The summed E-state index contributed by atoms with van der Waals surface area (Å²) >= 11 is 0. The summed E-state index contributed by atoms with van der Waals surface area (Å²) in [6.45, 7) is 0.413. The van der Waals surface area contributed by atoms with Crippen LogP contribution in [0, 0.1) is 5.82 Å². The topological polar surface area (TPSA) is 104 Å². The Hall–Kier alpha value is -2.78. The minimum absolute atomic E-state index is 0.0693. The third-order valence-electron chi connectivity index (χ3n) is 4.79. The summed E-state index contributed by atoms with van der Waals surface area (Å²) in [7, 11) is -3.71. The molecule has 2 aromatic rings. The van der Waals surface area contributed by atoms with Gasteiger partial charge < -0.3 is 10.6 Å². The Morgan fingerprint density at radius 1 is 1.10 bits per heavy atom. The van der Waals surface area contributed by atoms with Crippen LogP contribution in [0.5, 0.6) is 0 Å².